The van der Waals surface area contributed by atoms with E-state index >= 15 is 0 Å². The molecule has 21 heavy (non-hydrogen) atoms. The Balaban J connectivity index is 1.80. The lowest BCUT2D eigenvalue weighted by Crippen LogP contribution is -2.16. The molecule has 0 spiro atoms. The molecule has 1 aliphatic carbocycles. The maximum absolute atomic E-state index is 12.3. The monoisotopic (exact) mass is 302 g/mol. The molecular weight excluding hydrogens is 288 g/mol. The summed E-state index contributed by atoms with van der Waals surface area (Å²) in [5.41, 5.74) is 0.891. The molecule has 1 aromatic heterocycles. The second kappa shape index (κ2) is 5.69. The molecule has 6 heteroatoms. The summed E-state index contributed by atoms with van der Waals surface area (Å²) in [4.78, 5) is 20.8. The quantitative estimate of drug-likeness (QED) is 0.909. The largest absolute Gasteiger partial charge is 0.367 e. The molecule has 1 heterocycles. The van der Waals surface area contributed by atoms with Crippen LogP contribution in [0.15, 0.2) is 30.3 Å². The van der Waals surface area contributed by atoms with Crippen LogP contribution < -0.4 is 10.6 Å². The van der Waals surface area contributed by atoms with Crippen molar-refractivity contribution >= 4 is 29.0 Å². The van der Waals surface area contributed by atoms with Crippen LogP contribution in [0.2, 0.25) is 5.02 Å². The van der Waals surface area contributed by atoms with E-state index < -0.39 is 0 Å². The number of para-hydroxylation sites is 1. The van der Waals surface area contributed by atoms with Gasteiger partial charge in [-0.05, 0) is 31.9 Å². The van der Waals surface area contributed by atoms with E-state index in [1.54, 1.807) is 25.1 Å². The minimum absolute atomic E-state index is 0.299. The van der Waals surface area contributed by atoms with Crippen molar-refractivity contribution in [2.24, 2.45) is 0 Å². The number of nitrogens with zero attached hydrogens (tertiary/aromatic N) is 2. The summed E-state index contributed by atoms with van der Waals surface area (Å²) in [5.74, 6) is 0.951. The van der Waals surface area contributed by atoms with Crippen molar-refractivity contribution < 1.29 is 4.79 Å². The van der Waals surface area contributed by atoms with E-state index in [1.807, 2.05) is 12.1 Å². The molecule has 108 valence electrons. The van der Waals surface area contributed by atoms with Gasteiger partial charge in [0.05, 0.1) is 10.7 Å². The van der Waals surface area contributed by atoms with Crippen LogP contribution in [0.5, 0.6) is 0 Å². The van der Waals surface area contributed by atoms with Crippen molar-refractivity contribution in [1.29, 1.82) is 0 Å². The van der Waals surface area contributed by atoms with Crippen LogP contribution in [0.25, 0.3) is 0 Å². The number of benzene rings is 1. The predicted molar refractivity (Wildman–Crippen MR) is 82.8 cm³/mol. The van der Waals surface area contributed by atoms with Gasteiger partial charge in [-0.25, -0.2) is 9.97 Å². The minimum atomic E-state index is -0.299. The van der Waals surface area contributed by atoms with Gasteiger partial charge in [0, 0.05) is 12.1 Å². The van der Waals surface area contributed by atoms with Gasteiger partial charge in [-0.15, -0.1) is 0 Å². The normalized spacial score (nSPS) is 13.8. The fraction of sp³-hybridized carbons (Fsp3) is 0.267. The van der Waals surface area contributed by atoms with E-state index in [0.717, 1.165) is 12.8 Å². The smallest absolute Gasteiger partial charge is 0.274 e. The Morgan fingerprint density at radius 1 is 1.29 bits per heavy atom. The number of hydrogen-bond donors (Lipinski definition) is 2. The number of carbonyl (C=O) groups excluding carboxylic acids is 1. The average molecular weight is 303 g/mol. The lowest BCUT2D eigenvalue weighted by atomic mass is 10.3. The second-order valence-electron chi connectivity index (χ2n) is 5.04. The first kappa shape index (κ1) is 13.8. The lowest BCUT2D eigenvalue weighted by Gasteiger charge is -2.09. The topological polar surface area (TPSA) is 66.9 Å². The van der Waals surface area contributed by atoms with Gasteiger partial charge >= 0.3 is 0 Å². The first-order valence-electron chi connectivity index (χ1n) is 6.80. The zero-order valence-electron chi connectivity index (χ0n) is 11.6. The van der Waals surface area contributed by atoms with Crippen LogP contribution >= 0.6 is 11.6 Å². The van der Waals surface area contributed by atoms with Gasteiger partial charge in [0.2, 0.25) is 0 Å². The number of aromatic nitrogens is 2. The number of nitrogens with one attached hydrogen (secondary N) is 2. The summed E-state index contributed by atoms with van der Waals surface area (Å²) in [6, 6.07) is 9.23. The highest BCUT2D eigenvalue weighted by Crippen LogP contribution is 2.24. The predicted octanol–water partition coefficient (Wildman–Crippen LogP) is 3.27. The molecule has 0 bridgehead atoms. The fourth-order valence-corrected chi connectivity index (χ4v) is 2.13. The Kier molecular flexibility index (Phi) is 3.75. The van der Waals surface area contributed by atoms with E-state index in [-0.39, 0.29) is 5.91 Å². The maximum atomic E-state index is 12.3. The van der Waals surface area contributed by atoms with E-state index in [1.165, 1.54) is 0 Å². The number of anilines is 2. The highest BCUT2D eigenvalue weighted by atomic mass is 35.5. The zero-order valence-corrected chi connectivity index (χ0v) is 12.3. The summed E-state index contributed by atoms with van der Waals surface area (Å²) in [5, 5.41) is 6.52. The van der Waals surface area contributed by atoms with Gasteiger partial charge in [-0.1, -0.05) is 23.7 Å². The summed E-state index contributed by atoms with van der Waals surface area (Å²) in [7, 11) is 0. The molecule has 3 rings (SSSR count). The summed E-state index contributed by atoms with van der Waals surface area (Å²) < 4.78 is 0. The Morgan fingerprint density at radius 2 is 2.05 bits per heavy atom. The Labute approximate surface area is 127 Å². The summed E-state index contributed by atoms with van der Waals surface area (Å²) >= 11 is 6.04. The molecule has 1 aromatic carbocycles. The first-order valence-corrected chi connectivity index (χ1v) is 7.18. The molecule has 0 unspecified atom stereocenters. The molecule has 0 atom stereocenters. The number of carbonyl (C=O) groups is 1. The first-order chi connectivity index (χ1) is 10.1. The minimum Gasteiger partial charge on any atom is -0.367 e. The van der Waals surface area contributed by atoms with E-state index in [2.05, 4.69) is 20.6 Å². The standard InChI is InChI=1S/C15H15ClN4O/c1-9-17-13(8-14(18-9)19-10-6-7-10)15(21)20-12-5-3-2-4-11(12)16/h2-5,8,10H,6-7H2,1H3,(H,20,21)(H,17,18,19). The van der Waals surface area contributed by atoms with Crippen LogP contribution in [0.4, 0.5) is 11.5 Å². The molecule has 1 fully saturated rings. The molecule has 0 saturated heterocycles. The average Bonchev–Trinajstić information content (AvgIpc) is 3.24. The Hall–Kier alpha value is -2.14. The highest BCUT2D eigenvalue weighted by Gasteiger charge is 2.22. The lowest BCUT2D eigenvalue weighted by molar-refractivity contribution is 0.102. The van der Waals surface area contributed by atoms with E-state index in [9.17, 15) is 4.79 Å². The van der Waals surface area contributed by atoms with Crippen molar-refractivity contribution in [2.45, 2.75) is 25.8 Å². The molecule has 1 saturated carbocycles. The highest BCUT2D eigenvalue weighted by molar-refractivity contribution is 6.33. The Bertz CT molecular complexity index is 685. The van der Waals surface area contributed by atoms with Gasteiger partial charge in [-0.2, -0.15) is 0 Å². The van der Waals surface area contributed by atoms with Crippen LogP contribution in [0, 0.1) is 6.92 Å². The van der Waals surface area contributed by atoms with Crippen LogP contribution in [-0.4, -0.2) is 21.9 Å². The number of hydrogen-bond acceptors (Lipinski definition) is 4. The molecule has 1 amide bonds. The van der Waals surface area contributed by atoms with E-state index in [0.29, 0.717) is 34.1 Å². The van der Waals surface area contributed by atoms with Crippen LogP contribution in [-0.2, 0) is 0 Å². The van der Waals surface area contributed by atoms with Gasteiger partial charge in [0.15, 0.2) is 0 Å². The van der Waals surface area contributed by atoms with Crippen LogP contribution in [0.1, 0.15) is 29.2 Å². The maximum Gasteiger partial charge on any atom is 0.274 e. The molecule has 2 N–H and O–H groups in total. The van der Waals surface area contributed by atoms with Gasteiger partial charge in [0.25, 0.3) is 5.91 Å². The molecule has 0 radical (unpaired) electrons. The molecular formula is C15H15ClN4O. The van der Waals surface area contributed by atoms with Crippen molar-refractivity contribution in [3.05, 3.63) is 46.9 Å². The zero-order chi connectivity index (χ0) is 14.8. The Morgan fingerprint density at radius 3 is 2.76 bits per heavy atom. The summed E-state index contributed by atoms with van der Waals surface area (Å²) in [6.07, 6.45) is 2.29. The number of amides is 1. The summed E-state index contributed by atoms with van der Waals surface area (Å²) in [6.45, 7) is 1.77. The number of halogens is 1. The third-order valence-electron chi connectivity index (χ3n) is 3.12. The van der Waals surface area contributed by atoms with Gasteiger partial charge in [-0.3, -0.25) is 4.79 Å². The third-order valence-corrected chi connectivity index (χ3v) is 3.45. The van der Waals surface area contributed by atoms with Crippen molar-refractivity contribution in [1.82, 2.24) is 9.97 Å². The van der Waals surface area contributed by atoms with Crippen molar-refractivity contribution in [3.8, 4) is 0 Å². The van der Waals surface area contributed by atoms with Crippen molar-refractivity contribution in [2.75, 3.05) is 10.6 Å². The molecule has 1 aliphatic rings. The molecule has 0 aliphatic heterocycles. The number of rotatable bonds is 4. The van der Waals surface area contributed by atoms with Gasteiger partial charge in [0.1, 0.15) is 17.3 Å². The molecule has 5 nitrogen and oxygen atoms in total. The van der Waals surface area contributed by atoms with Crippen LogP contribution in [0.3, 0.4) is 0 Å². The fourth-order valence-electron chi connectivity index (χ4n) is 1.94. The third kappa shape index (κ3) is 3.49. The van der Waals surface area contributed by atoms with Crippen molar-refractivity contribution in [3.63, 3.8) is 0 Å². The van der Waals surface area contributed by atoms with E-state index in [4.69, 9.17) is 11.6 Å². The SMILES string of the molecule is Cc1nc(NC2CC2)cc(C(=O)Nc2ccccc2Cl)n1. The second-order valence-corrected chi connectivity index (χ2v) is 5.45. The molecule has 2 aromatic rings. The number of aryl methyl sites for hydroxylation is 1. The van der Waals surface area contributed by atoms with Gasteiger partial charge < -0.3 is 10.6 Å².